The van der Waals surface area contributed by atoms with Gasteiger partial charge in [0.2, 0.25) is 0 Å². The van der Waals surface area contributed by atoms with Crippen LogP contribution in [-0.4, -0.2) is 23.7 Å². The maximum atomic E-state index is 5.90. The molecule has 1 N–H and O–H groups in total. The lowest BCUT2D eigenvalue weighted by atomic mass is 10.1. The Morgan fingerprint density at radius 1 is 1.21 bits per heavy atom. The summed E-state index contributed by atoms with van der Waals surface area (Å²) in [4.78, 5) is 0. The van der Waals surface area contributed by atoms with E-state index in [1.54, 1.807) is 0 Å². The summed E-state index contributed by atoms with van der Waals surface area (Å²) >= 11 is 1.97. The Morgan fingerprint density at radius 3 is 2.63 bits per heavy atom. The molecule has 19 heavy (non-hydrogen) atoms. The Hall–Kier alpha value is -0.670. The zero-order valence-electron chi connectivity index (χ0n) is 12.7. The maximum absolute atomic E-state index is 5.90. The molecule has 0 radical (unpaired) electrons. The van der Waals surface area contributed by atoms with Gasteiger partial charge in [0.25, 0.3) is 0 Å². The van der Waals surface area contributed by atoms with Crippen molar-refractivity contribution in [1.29, 1.82) is 0 Å². The number of hydrogen-bond donors (Lipinski definition) is 1. The summed E-state index contributed by atoms with van der Waals surface area (Å²) in [5.41, 5.74) is 1.37. The molecule has 108 valence electrons. The molecular weight excluding hydrogens is 254 g/mol. The van der Waals surface area contributed by atoms with Gasteiger partial charge in [0.05, 0.1) is 6.61 Å². The minimum Gasteiger partial charge on any atom is -0.493 e. The molecule has 0 saturated heterocycles. The van der Waals surface area contributed by atoms with Gasteiger partial charge in [-0.1, -0.05) is 25.1 Å². The number of thioether (sulfide) groups is 1. The second kappa shape index (κ2) is 8.49. The predicted molar refractivity (Wildman–Crippen MR) is 86.1 cm³/mol. The molecule has 0 saturated carbocycles. The van der Waals surface area contributed by atoms with Gasteiger partial charge in [-0.05, 0) is 44.8 Å². The summed E-state index contributed by atoms with van der Waals surface area (Å²) in [5.74, 6) is 3.38. The van der Waals surface area contributed by atoms with E-state index in [1.165, 1.54) is 17.1 Å². The Bertz CT molecular complexity index is 360. The highest BCUT2D eigenvalue weighted by atomic mass is 32.2. The smallest absolute Gasteiger partial charge is 0.123 e. The van der Waals surface area contributed by atoms with Crippen LogP contribution < -0.4 is 10.1 Å². The topological polar surface area (TPSA) is 21.3 Å². The van der Waals surface area contributed by atoms with Crippen LogP contribution in [0.15, 0.2) is 24.3 Å². The van der Waals surface area contributed by atoms with Crippen LogP contribution in [0.4, 0.5) is 0 Å². The molecule has 0 aliphatic carbocycles. The molecule has 0 heterocycles. The Balaban J connectivity index is 2.44. The molecule has 0 unspecified atom stereocenters. The highest BCUT2D eigenvalue weighted by Crippen LogP contribution is 2.19. The molecule has 0 atom stereocenters. The number of nitrogens with one attached hydrogen (secondary N) is 1. The van der Waals surface area contributed by atoms with E-state index < -0.39 is 0 Å². The lowest BCUT2D eigenvalue weighted by Crippen LogP contribution is -2.35. The lowest BCUT2D eigenvalue weighted by molar-refractivity contribution is 0.312. The number of hydrogen-bond acceptors (Lipinski definition) is 3. The molecular formula is C16H27NOS. The summed E-state index contributed by atoms with van der Waals surface area (Å²) in [7, 11) is 0. The monoisotopic (exact) mass is 281 g/mol. The molecule has 0 amide bonds. The number of para-hydroxylation sites is 1. The normalized spacial score (nSPS) is 11.6. The van der Waals surface area contributed by atoms with Crippen molar-refractivity contribution < 1.29 is 4.74 Å². The summed E-state index contributed by atoms with van der Waals surface area (Å²) < 4.78 is 5.90. The average molecular weight is 281 g/mol. The summed E-state index contributed by atoms with van der Waals surface area (Å²) in [5, 5.41) is 3.51. The van der Waals surface area contributed by atoms with E-state index >= 15 is 0 Å². The van der Waals surface area contributed by atoms with E-state index in [4.69, 9.17) is 4.74 Å². The van der Waals surface area contributed by atoms with Crippen molar-refractivity contribution in [2.24, 2.45) is 0 Å². The van der Waals surface area contributed by atoms with Crippen LogP contribution in [0.25, 0.3) is 0 Å². The fourth-order valence-electron chi connectivity index (χ4n) is 1.64. The molecule has 0 aromatic heterocycles. The first kappa shape index (κ1) is 16.4. The standard InChI is InChI=1S/C16H27NOS/c1-5-19-12-8-11-18-15-10-7-6-9-14(15)13-17-16(2,3)4/h6-7,9-10,17H,5,8,11-13H2,1-4H3. The third-order valence-electron chi connectivity index (χ3n) is 2.68. The van der Waals surface area contributed by atoms with Gasteiger partial charge in [0, 0.05) is 17.6 Å². The predicted octanol–water partition coefficient (Wildman–Crippen LogP) is 4.10. The van der Waals surface area contributed by atoms with E-state index in [0.717, 1.165) is 25.3 Å². The van der Waals surface area contributed by atoms with Crippen molar-refractivity contribution in [2.45, 2.75) is 46.2 Å². The summed E-state index contributed by atoms with van der Waals surface area (Å²) in [6.07, 6.45) is 1.11. The minimum absolute atomic E-state index is 0.130. The van der Waals surface area contributed by atoms with Gasteiger partial charge in [-0.3, -0.25) is 0 Å². The minimum atomic E-state index is 0.130. The van der Waals surface area contributed by atoms with Crippen LogP contribution in [0.2, 0.25) is 0 Å². The molecule has 0 fully saturated rings. The number of ether oxygens (including phenoxy) is 1. The van der Waals surface area contributed by atoms with Crippen LogP contribution >= 0.6 is 11.8 Å². The molecule has 0 bridgehead atoms. The van der Waals surface area contributed by atoms with Crippen LogP contribution in [0, 0.1) is 0 Å². The van der Waals surface area contributed by atoms with Gasteiger partial charge in [0.15, 0.2) is 0 Å². The van der Waals surface area contributed by atoms with Crippen molar-refractivity contribution >= 4 is 11.8 Å². The van der Waals surface area contributed by atoms with E-state index in [2.05, 4.69) is 51.2 Å². The first-order valence-corrected chi connectivity index (χ1v) is 8.22. The highest BCUT2D eigenvalue weighted by molar-refractivity contribution is 7.99. The SMILES string of the molecule is CCSCCCOc1ccccc1CNC(C)(C)C. The second-order valence-corrected chi connectivity index (χ2v) is 7.00. The van der Waals surface area contributed by atoms with Gasteiger partial charge >= 0.3 is 0 Å². The Morgan fingerprint density at radius 2 is 1.95 bits per heavy atom. The number of benzene rings is 1. The molecule has 1 aromatic rings. The fraction of sp³-hybridized carbons (Fsp3) is 0.625. The van der Waals surface area contributed by atoms with Crippen LogP contribution in [0.3, 0.4) is 0 Å². The van der Waals surface area contributed by atoms with Crippen molar-refractivity contribution in [1.82, 2.24) is 5.32 Å². The summed E-state index contributed by atoms with van der Waals surface area (Å²) in [6, 6.07) is 8.30. The van der Waals surface area contributed by atoms with Crippen molar-refractivity contribution in [3.05, 3.63) is 29.8 Å². The molecule has 0 aliphatic heterocycles. The van der Waals surface area contributed by atoms with E-state index in [-0.39, 0.29) is 5.54 Å². The number of rotatable bonds is 8. The first-order valence-electron chi connectivity index (χ1n) is 7.06. The molecule has 1 aromatic carbocycles. The highest BCUT2D eigenvalue weighted by Gasteiger charge is 2.10. The lowest BCUT2D eigenvalue weighted by Gasteiger charge is -2.21. The van der Waals surface area contributed by atoms with Crippen LogP contribution in [0.1, 0.15) is 39.7 Å². The maximum Gasteiger partial charge on any atom is 0.123 e. The van der Waals surface area contributed by atoms with Gasteiger partial charge in [0.1, 0.15) is 5.75 Å². The van der Waals surface area contributed by atoms with E-state index in [0.29, 0.717) is 0 Å². The van der Waals surface area contributed by atoms with Crippen LogP contribution in [-0.2, 0) is 6.54 Å². The quantitative estimate of drug-likeness (QED) is 0.725. The van der Waals surface area contributed by atoms with Crippen molar-refractivity contribution in [3.8, 4) is 5.75 Å². The molecule has 3 heteroatoms. The van der Waals surface area contributed by atoms with E-state index in [1.807, 2.05) is 17.8 Å². The van der Waals surface area contributed by atoms with Gasteiger partial charge in [-0.15, -0.1) is 0 Å². The largest absolute Gasteiger partial charge is 0.493 e. The average Bonchev–Trinajstić information content (AvgIpc) is 2.36. The van der Waals surface area contributed by atoms with Gasteiger partial charge in [-0.25, -0.2) is 0 Å². The summed E-state index contributed by atoms with van der Waals surface area (Å²) in [6.45, 7) is 10.4. The van der Waals surface area contributed by atoms with Gasteiger partial charge in [-0.2, -0.15) is 11.8 Å². The van der Waals surface area contributed by atoms with Crippen LogP contribution in [0.5, 0.6) is 5.75 Å². The van der Waals surface area contributed by atoms with Crippen molar-refractivity contribution in [3.63, 3.8) is 0 Å². The zero-order chi connectivity index (χ0) is 14.1. The molecule has 2 nitrogen and oxygen atoms in total. The molecule has 1 rings (SSSR count). The van der Waals surface area contributed by atoms with Crippen molar-refractivity contribution in [2.75, 3.05) is 18.1 Å². The molecule has 0 spiro atoms. The fourth-order valence-corrected chi connectivity index (χ4v) is 2.25. The second-order valence-electron chi connectivity index (χ2n) is 5.61. The molecule has 0 aliphatic rings. The van der Waals surface area contributed by atoms with Gasteiger partial charge < -0.3 is 10.1 Å². The van der Waals surface area contributed by atoms with E-state index in [9.17, 15) is 0 Å². The zero-order valence-corrected chi connectivity index (χ0v) is 13.5. The Kier molecular flexibility index (Phi) is 7.32. The third-order valence-corrected chi connectivity index (χ3v) is 3.66. The third kappa shape index (κ3) is 7.48. The Labute approximate surface area is 122 Å². The first-order chi connectivity index (χ1) is 9.03.